The third-order valence-corrected chi connectivity index (χ3v) is 5.92. The minimum absolute atomic E-state index is 0.0484. The van der Waals surface area contributed by atoms with Gasteiger partial charge in [0.1, 0.15) is 17.6 Å². The van der Waals surface area contributed by atoms with E-state index in [4.69, 9.17) is 16.0 Å². The first-order valence-corrected chi connectivity index (χ1v) is 9.62. The van der Waals surface area contributed by atoms with E-state index in [1.54, 1.807) is 36.4 Å². The summed E-state index contributed by atoms with van der Waals surface area (Å²) < 4.78 is 5.50. The zero-order chi connectivity index (χ0) is 20.0. The van der Waals surface area contributed by atoms with Crippen LogP contribution in [0.4, 0.5) is 5.13 Å². The number of carbonyl (C=O) groups is 2. The molecule has 4 rings (SSSR count). The molecule has 1 aliphatic heterocycles. The van der Waals surface area contributed by atoms with Gasteiger partial charge in [0.25, 0.3) is 5.78 Å². The maximum Gasteiger partial charge on any atom is 0.302 e. The Balaban J connectivity index is 1.92. The number of carbonyl (C=O) groups excluding carboxylic acids is 2. The maximum absolute atomic E-state index is 12.9. The molecule has 8 heteroatoms. The molecule has 1 saturated heterocycles. The van der Waals surface area contributed by atoms with Crippen molar-refractivity contribution in [3.05, 3.63) is 75.2 Å². The highest BCUT2D eigenvalue weighted by Crippen LogP contribution is 2.43. The first-order valence-electron chi connectivity index (χ1n) is 8.43. The predicted octanol–water partition coefficient (Wildman–Crippen LogP) is 4.63. The average molecular weight is 415 g/mol. The number of nitrogens with zero attached hydrogens (tertiary/aromatic N) is 2. The molecule has 1 aromatic carbocycles. The summed E-state index contributed by atoms with van der Waals surface area (Å²) in [4.78, 5) is 32.4. The number of ketones is 1. The van der Waals surface area contributed by atoms with Gasteiger partial charge in [-0.2, -0.15) is 0 Å². The van der Waals surface area contributed by atoms with Crippen molar-refractivity contribution < 1.29 is 19.1 Å². The van der Waals surface area contributed by atoms with Gasteiger partial charge in [-0.15, -0.1) is 11.3 Å². The van der Waals surface area contributed by atoms with Crippen LogP contribution in [0.25, 0.3) is 5.76 Å². The second kappa shape index (κ2) is 6.92. The van der Waals surface area contributed by atoms with Crippen molar-refractivity contribution in [3.63, 3.8) is 0 Å². The van der Waals surface area contributed by atoms with E-state index in [0.717, 1.165) is 10.6 Å². The molecular formula is C20H15ClN2O4S. The van der Waals surface area contributed by atoms with Crippen LogP contribution in [0.15, 0.2) is 52.7 Å². The van der Waals surface area contributed by atoms with Crippen LogP contribution >= 0.6 is 22.9 Å². The molecule has 2 aromatic heterocycles. The third-order valence-electron chi connectivity index (χ3n) is 4.60. The molecule has 28 heavy (non-hydrogen) atoms. The number of hydrogen-bond acceptors (Lipinski definition) is 6. The monoisotopic (exact) mass is 414 g/mol. The quantitative estimate of drug-likeness (QED) is 0.383. The Labute approximate surface area is 169 Å². The van der Waals surface area contributed by atoms with Crippen molar-refractivity contribution in [2.45, 2.75) is 19.9 Å². The normalized spacial score (nSPS) is 18.8. The van der Waals surface area contributed by atoms with Gasteiger partial charge in [-0.25, -0.2) is 4.98 Å². The van der Waals surface area contributed by atoms with E-state index >= 15 is 0 Å². The van der Waals surface area contributed by atoms with Gasteiger partial charge in [-0.05, 0) is 50.2 Å². The number of Topliss-reactive ketones (excluding diaryl/α,β-unsaturated/α-hetero) is 1. The Morgan fingerprint density at radius 3 is 2.50 bits per heavy atom. The zero-order valence-electron chi connectivity index (χ0n) is 15.0. The highest BCUT2D eigenvalue weighted by atomic mass is 35.5. The molecule has 6 nitrogen and oxygen atoms in total. The first-order chi connectivity index (χ1) is 13.4. The summed E-state index contributed by atoms with van der Waals surface area (Å²) in [5.41, 5.74) is 1.11. The number of furan rings is 1. The van der Waals surface area contributed by atoms with Crippen LogP contribution in [-0.4, -0.2) is 21.8 Å². The second-order valence-electron chi connectivity index (χ2n) is 6.33. The van der Waals surface area contributed by atoms with Crippen molar-refractivity contribution >= 4 is 45.5 Å². The molecule has 0 saturated carbocycles. The standard InChI is InChI=1S/C20H15ClN2O4S/c1-10-11(2)28-20(22-10)23-16(14-4-3-9-27-14)15(18(25)19(23)26)17(24)12-5-7-13(21)8-6-12/h3-9,16,24H,1-2H3/t16-/m0/s1. The number of aryl methyl sites for hydroxylation is 2. The maximum atomic E-state index is 12.9. The van der Waals surface area contributed by atoms with Crippen LogP contribution in [0.3, 0.4) is 0 Å². The van der Waals surface area contributed by atoms with Gasteiger partial charge in [0.2, 0.25) is 0 Å². The number of thiazole rings is 1. The van der Waals surface area contributed by atoms with Crippen LogP contribution < -0.4 is 4.90 Å². The molecule has 3 aromatic rings. The van der Waals surface area contributed by atoms with Crippen molar-refractivity contribution in [2.24, 2.45) is 0 Å². The Kier molecular flexibility index (Phi) is 4.56. The van der Waals surface area contributed by atoms with E-state index in [9.17, 15) is 14.7 Å². The molecule has 0 unspecified atom stereocenters. The molecule has 0 spiro atoms. The van der Waals surface area contributed by atoms with Gasteiger partial charge in [0.05, 0.1) is 17.5 Å². The van der Waals surface area contributed by atoms with Gasteiger partial charge in [0, 0.05) is 15.5 Å². The van der Waals surface area contributed by atoms with E-state index in [2.05, 4.69) is 4.98 Å². The van der Waals surface area contributed by atoms with E-state index in [1.807, 2.05) is 13.8 Å². The van der Waals surface area contributed by atoms with Crippen molar-refractivity contribution in [1.82, 2.24) is 4.98 Å². The van der Waals surface area contributed by atoms with Crippen molar-refractivity contribution in [2.75, 3.05) is 4.90 Å². The van der Waals surface area contributed by atoms with Crippen LogP contribution in [-0.2, 0) is 9.59 Å². The van der Waals surface area contributed by atoms with E-state index in [1.165, 1.54) is 22.5 Å². The number of benzene rings is 1. The van der Waals surface area contributed by atoms with Crippen LogP contribution in [0.1, 0.15) is 27.9 Å². The topological polar surface area (TPSA) is 83.6 Å². The number of aliphatic hydroxyl groups excluding tert-OH is 1. The summed E-state index contributed by atoms with van der Waals surface area (Å²) in [5.74, 6) is -1.48. The van der Waals surface area contributed by atoms with Gasteiger partial charge in [0.15, 0.2) is 5.13 Å². The first kappa shape index (κ1) is 18.5. The smallest absolute Gasteiger partial charge is 0.302 e. The highest BCUT2D eigenvalue weighted by molar-refractivity contribution is 7.16. The fraction of sp³-hybridized carbons (Fsp3) is 0.150. The van der Waals surface area contributed by atoms with Gasteiger partial charge in [-0.3, -0.25) is 14.5 Å². The molecule has 1 N–H and O–H groups in total. The summed E-state index contributed by atoms with van der Waals surface area (Å²) in [6.07, 6.45) is 1.45. The largest absolute Gasteiger partial charge is 0.507 e. The molecule has 1 amide bonds. The summed E-state index contributed by atoms with van der Waals surface area (Å²) >= 11 is 7.22. The Hall–Kier alpha value is -2.90. The van der Waals surface area contributed by atoms with Gasteiger partial charge >= 0.3 is 5.91 Å². The molecular weight excluding hydrogens is 400 g/mol. The fourth-order valence-corrected chi connectivity index (χ4v) is 4.13. The van der Waals surface area contributed by atoms with E-state index in [-0.39, 0.29) is 11.3 Å². The van der Waals surface area contributed by atoms with Gasteiger partial charge in [-0.1, -0.05) is 11.6 Å². The van der Waals surface area contributed by atoms with Crippen LogP contribution in [0.5, 0.6) is 0 Å². The molecule has 0 radical (unpaired) electrons. The minimum atomic E-state index is -0.907. The summed E-state index contributed by atoms with van der Waals surface area (Å²) in [6, 6.07) is 8.78. The van der Waals surface area contributed by atoms with Crippen molar-refractivity contribution in [3.8, 4) is 0 Å². The lowest BCUT2D eigenvalue weighted by Crippen LogP contribution is -2.29. The summed E-state index contributed by atoms with van der Waals surface area (Å²) in [5, 5.41) is 11.7. The van der Waals surface area contributed by atoms with Crippen LogP contribution in [0.2, 0.25) is 5.02 Å². The molecule has 3 heterocycles. The molecule has 1 atom stereocenters. The number of halogens is 1. The summed E-state index contributed by atoms with van der Waals surface area (Å²) in [7, 11) is 0. The zero-order valence-corrected chi connectivity index (χ0v) is 16.5. The number of aromatic nitrogens is 1. The lowest BCUT2D eigenvalue weighted by Gasteiger charge is -2.20. The molecule has 0 bridgehead atoms. The molecule has 142 valence electrons. The van der Waals surface area contributed by atoms with E-state index < -0.39 is 17.7 Å². The second-order valence-corrected chi connectivity index (χ2v) is 7.95. The predicted molar refractivity (Wildman–Crippen MR) is 107 cm³/mol. The van der Waals surface area contributed by atoms with Crippen molar-refractivity contribution in [1.29, 1.82) is 0 Å². The number of amides is 1. The van der Waals surface area contributed by atoms with Gasteiger partial charge < -0.3 is 9.52 Å². The molecule has 0 aliphatic carbocycles. The highest BCUT2D eigenvalue weighted by Gasteiger charge is 2.49. The molecule has 1 aliphatic rings. The average Bonchev–Trinajstić information content (AvgIpc) is 3.36. The summed E-state index contributed by atoms with van der Waals surface area (Å²) in [6.45, 7) is 3.73. The number of anilines is 1. The number of aliphatic hydroxyl groups is 1. The lowest BCUT2D eigenvalue weighted by molar-refractivity contribution is -0.132. The van der Waals surface area contributed by atoms with Crippen LogP contribution in [0, 0.1) is 13.8 Å². The fourth-order valence-electron chi connectivity index (χ4n) is 3.07. The third kappa shape index (κ3) is 2.93. The lowest BCUT2D eigenvalue weighted by atomic mass is 9.99. The Morgan fingerprint density at radius 2 is 1.93 bits per heavy atom. The Morgan fingerprint density at radius 1 is 1.21 bits per heavy atom. The van der Waals surface area contributed by atoms with E-state index in [0.29, 0.717) is 21.5 Å². The minimum Gasteiger partial charge on any atom is -0.507 e. The Bertz CT molecular complexity index is 1080. The number of hydrogen-bond donors (Lipinski definition) is 1. The number of rotatable bonds is 3. The molecule has 1 fully saturated rings. The SMILES string of the molecule is Cc1nc(N2C(=O)C(=O)C(=C(O)c3ccc(Cl)cc3)[C@@H]2c2ccco2)sc1C.